The number of aromatic nitrogens is 3. The third kappa shape index (κ3) is 2.91. The van der Waals surface area contributed by atoms with Crippen LogP contribution in [0.2, 0.25) is 0 Å². The number of nitrogens with zero attached hydrogens (tertiary/aromatic N) is 3. The molecular weight excluding hydrogens is 376 g/mol. The maximum atomic E-state index is 4.52. The van der Waals surface area contributed by atoms with Gasteiger partial charge in [0, 0.05) is 39.7 Å². The van der Waals surface area contributed by atoms with Gasteiger partial charge in [-0.15, -0.1) is 0 Å². The van der Waals surface area contributed by atoms with Crippen LogP contribution in [0.1, 0.15) is 5.82 Å². The van der Waals surface area contributed by atoms with Crippen molar-refractivity contribution in [3.8, 4) is 11.3 Å². The molecular formula is C20H17BrN4. The van der Waals surface area contributed by atoms with Crippen molar-refractivity contribution < 1.29 is 0 Å². The van der Waals surface area contributed by atoms with Gasteiger partial charge in [-0.25, -0.2) is 9.97 Å². The Bertz CT molecular complexity index is 1070. The number of anilines is 2. The molecule has 0 aliphatic carbocycles. The molecule has 0 amide bonds. The Morgan fingerprint density at radius 1 is 1.00 bits per heavy atom. The lowest BCUT2D eigenvalue weighted by Gasteiger charge is -2.11. The highest BCUT2D eigenvalue weighted by Crippen LogP contribution is 2.30. The fraction of sp³-hybridized carbons (Fsp3) is 0.100. The molecule has 0 bridgehead atoms. The molecule has 4 aromatic rings. The minimum absolute atomic E-state index is 0.845. The first-order valence-corrected chi connectivity index (χ1v) is 8.82. The van der Waals surface area contributed by atoms with Crippen molar-refractivity contribution in [3.05, 3.63) is 71.2 Å². The quantitative estimate of drug-likeness (QED) is 0.503. The average Bonchev–Trinajstić information content (AvgIpc) is 2.95. The van der Waals surface area contributed by atoms with E-state index in [1.54, 1.807) is 0 Å². The van der Waals surface area contributed by atoms with Gasteiger partial charge in [-0.3, -0.25) is 0 Å². The largest absolute Gasteiger partial charge is 0.340 e. The van der Waals surface area contributed by atoms with Gasteiger partial charge in [0.2, 0.25) is 0 Å². The second kappa shape index (κ2) is 6.33. The summed E-state index contributed by atoms with van der Waals surface area (Å²) >= 11 is 3.60. The van der Waals surface area contributed by atoms with Crippen LogP contribution in [0.4, 0.5) is 11.5 Å². The van der Waals surface area contributed by atoms with E-state index in [-0.39, 0.29) is 0 Å². The van der Waals surface area contributed by atoms with E-state index in [9.17, 15) is 0 Å². The molecule has 25 heavy (non-hydrogen) atoms. The van der Waals surface area contributed by atoms with Gasteiger partial charge in [0.1, 0.15) is 11.6 Å². The topological polar surface area (TPSA) is 42.7 Å². The smallest absolute Gasteiger partial charge is 0.138 e. The summed E-state index contributed by atoms with van der Waals surface area (Å²) in [6, 6.07) is 16.4. The predicted octanol–water partition coefficient (Wildman–Crippen LogP) is 5.45. The first-order valence-electron chi connectivity index (χ1n) is 8.02. The van der Waals surface area contributed by atoms with Gasteiger partial charge in [-0.1, -0.05) is 40.2 Å². The van der Waals surface area contributed by atoms with Crippen molar-refractivity contribution in [2.24, 2.45) is 7.05 Å². The molecule has 124 valence electrons. The van der Waals surface area contributed by atoms with Gasteiger partial charge in [-0.2, -0.15) is 0 Å². The number of fused-ring (bicyclic) bond motifs is 1. The summed E-state index contributed by atoms with van der Waals surface area (Å²) < 4.78 is 3.15. The van der Waals surface area contributed by atoms with E-state index in [1.165, 1.54) is 0 Å². The van der Waals surface area contributed by atoms with E-state index < -0.39 is 0 Å². The van der Waals surface area contributed by atoms with E-state index in [4.69, 9.17) is 0 Å². The van der Waals surface area contributed by atoms with Gasteiger partial charge >= 0.3 is 0 Å². The number of hydrogen-bond acceptors (Lipinski definition) is 3. The molecule has 0 atom stereocenters. The van der Waals surface area contributed by atoms with Crippen LogP contribution in [0.3, 0.4) is 0 Å². The van der Waals surface area contributed by atoms with E-state index in [2.05, 4.69) is 54.0 Å². The van der Waals surface area contributed by atoms with Gasteiger partial charge in [0.15, 0.2) is 0 Å². The Morgan fingerprint density at radius 3 is 2.64 bits per heavy atom. The fourth-order valence-corrected chi connectivity index (χ4v) is 3.43. The highest BCUT2D eigenvalue weighted by Gasteiger charge is 2.08. The highest BCUT2D eigenvalue weighted by atomic mass is 79.9. The first kappa shape index (κ1) is 15.8. The first-order chi connectivity index (χ1) is 12.1. The van der Waals surface area contributed by atoms with Crippen molar-refractivity contribution in [1.29, 1.82) is 0 Å². The molecule has 0 saturated heterocycles. The lowest BCUT2D eigenvalue weighted by atomic mass is 10.1. The fourth-order valence-electron chi connectivity index (χ4n) is 2.93. The average molecular weight is 393 g/mol. The van der Waals surface area contributed by atoms with Gasteiger partial charge < -0.3 is 9.88 Å². The summed E-state index contributed by atoms with van der Waals surface area (Å²) in [6.45, 7) is 2.00. The molecule has 0 aliphatic heterocycles. The summed E-state index contributed by atoms with van der Waals surface area (Å²) in [5, 5.41) is 5.67. The van der Waals surface area contributed by atoms with Gasteiger partial charge in [0.25, 0.3) is 0 Å². The summed E-state index contributed by atoms with van der Waals surface area (Å²) in [7, 11) is 2.03. The second-order valence-electron chi connectivity index (χ2n) is 5.95. The Morgan fingerprint density at radius 2 is 1.84 bits per heavy atom. The zero-order chi connectivity index (χ0) is 17.4. The summed E-state index contributed by atoms with van der Waals surface area (Å²) in [5.41, 5.74) is 3.21. The third-order valence-electron chi connectivity index (χ3n) is 4.39. The molecule has 2 aromatic heterocycles. The maximum absolute atomic E-state index is 4.52. The highest BCUT2D eigenvalue weighted by molar-refractivity contribution is 9.10. The predicted molar refractivity (Wildman–Crippen MR) is 106 cm³/mol. The molecule has 2 heterocycles. The van der Waals surface area contributed by atoms with Crippen molar-refractivity contribution in [1.82, 2.24) is 14.5 Å². The molecule has 0 saturated carbocycles. The normalized spacial score (nSPS) is 11.0. The van der Waals surface area contributed by atoms with Crippen LogP contribution < -0.4 is 5.32 Å². The Kier molecular flexibility index (Phi) is 4.01. The van der Waals surface area contributed by atoms with Gasteiger partial charge in [-0.05, 0) is 31.2 Å². The SMILES string of the molecule is Cc1ncc(-c2cccc(Nc3nccc4c(Br)cccc34)c2)n1C. The van der Waals surface area contributed by atoms with Crippen LogP contribution in [0.5, 0.6) is 0 Å². The molecule has 0 spiro atoms. The minimum atomic E-state index is 0.845. The summed E-state index contributed by atoms with van der Waals surface area (Å²) in [5.74, 6) is 1.84. The Balaban J connectivity index is 1.74. The molecule has 4 rings (SSSR count). The van der Waals surface area contributed by atoms with Crippen LogP contribution in [-0.4, -0.2) is 14.5 Å². The number of benzene rings is 2. The van der Waals surface area contributed by atoms with Crippen molar-refractivity contribution in [3.63, 3.8) is 0 Å². The zero-order valence-electron chi connectivity index (χ0n) is 14.0. The minimum Gasteiger partial charge on any atom is -0.340 e. The van der Waals surface area contributed by atoms with Crippen LogP contribution in [0.15, 0.2) is 65.4 Å². The van der Waals surface area contributed by atoms with E-state index in [0.29, 0.717) is 0 Å². The number of halogens is 1. The number of aryl methyl sites for hydroxylation is 1. The van der Waals surface area contributed by atoms with Crippen molar-refractivity contribution in [2.75, 3.05) is 5.32 Å². The number of rotatable bonds is 3. The standard InChI is InChI=1S/C20H17BrN4/c1-13-23-12-19(25(13)2)14-5-3-6-15(11-14)24-20-17-7-4-8-18(21)16(17)9-10-22-20/h3-12H,1-2H3,(H,22,24). The third-order valence-corrected chi connectivity index (χ3v) is 5.09. The Labute approximate surface area is 154 Å². The molecule has 0 aliphatic rings. The van der Waals surface area contributed by atoms with Crippen molar-refractivity contribution >= 4 is 38.2 Å². The molecule has 0 fully saturated rings. The van der Waals surface area contributed by atoms with E-state index in [0.717, 1.165) is 43.8 Å². The lowest BCUT2D eigenvalue weighted by molar-refractivity contribution is 0.865. The molecule has 0 unspecified atom stereocenters. The second-order valence-corrected chi connectivity index (χ2v) is 6.80. The van der Waals surface area contributed by atoms with Crippen molar-refractivity contribution in [2.45, 2.75) is 6.92 Å². The molecule has 4 nitrogen and oxygen atoms in total. The monoisotopic (exact) mass is 392 g/mol. The zero-order valence-corrected chi connectivity index (χ0v) is 15.6. The number of pyridine rings is 1. The summed E-state index contributed by atoms with van der Waals surface area (Å²) in [6.07, 6.45) is 3.73. The number of imidazole rings is 1. The molecule has 0 radical (unpaired) electrons. The number of nitrogens with one attached hydrogen (secondary N) is 1. The number of hydrogen-bond donors (Lipinski definition) is 1. The van der Waals surface area contributed by atoms with E-state index >= 15 is 0 Å². The Hall–Kier alpha value is -2.66. The maximum Gasteiger partial charge on any atom is 0.138 e. The van der Waals surface area contributed by atoms with Crippen LogP contribution in [0.25, 0.3) is 22.0 Å². The molecule has 2 aromatic carbocycles. The molecule has 1 N–H and O–H groups in total. The van der Waals surface area contributed by atoms with Crippen LogP contribution in [-0.2, 0) is 7.05 Å². The molecule has 5 heteroatoms. The summed E-state index contributed by atoms with van der Waals surface area (Å²) in [4.78, 5) is 8.90. The van der Waals surface area contributed by atoms with E-state index in [1.807, 2.05) is 56.7 Å². The van der Waals surface area contributed by atoms with Crippen LogP contribution in [0, 0.1) is 6.92 Å². The lowest BCUT2D eigenvalue weighted by Crippen LogP contribution is -1.97. The van der Waals surface area contributed by atoms with Gasteiger partial charge in [0.05, 0.1) is 11.9 Å². The van der Waals surface area contributed by atoms with Crippen LogP contribution >= 0.6 is 15.9 Å².